The molecule has 8 nitrogen and oxygen atoms in total. The van der Waals surface area contributed by atoms with Gasteiger partial charge in [0, 0.05) is 39.8 Å². The average molecular weight is 409 g/mol. The number of likely N-dealkylation sites (tertiary alicyclic amines) is 1. The number of hydrogen-bond donors (Lipinski definition) is 0. The minimum atomic E-state index is -0.328. The van der Waals surface area contributed by atoms with E-state index in [0.29, 0.717) is 17.2 Å². The van der Waals surface area contributed by atoms with Gasteiger partial charge in [0.15, 0.2) is 11.2 Å². The van der Waals surface area contributed by atoms with E-state index in [-0.39, 0.29) is 11.2 Å². The van der Waals surface area contributed by atoms with Crippen molar-refractivity contribution in [2.75, 3.05) is 19.6 Å². The highest BCUT2D eigenvalue weighted by molar-refractivity contribution is 5.71. The molecule has 1 saturated heterocycles. The zero-order chi connectivity index (χ0) is 20.8. The van der Waals surface area contributed by atoms with Gasteiger partial charge in [-0.2, -0.15) is 0 Å². The Morgan fingerprint density at radius 2 is 1.70 bits per heavy atom. The number of piperidine rings is 1. The molecule has 0 amide bonds. The van der Waals surface area contributed by atoms with Crippen LogP contribution >= 0.6 is 0 Å². The molecule has 158 valence electrons. The van der Waals surface area contributed by atoms with Crippen LogP contribution in [0.3, 0.4) is 0 Å². The van der Waals surface area contributed by atoms with Crippen LogP contribution in [0.15, 0.2) is 39.9 Å². The lowest BCUT2D eigenvalue weighted by Gasteiger charge is -2.40. The highest BCUT2D eigenvalue weighted by Crippen LogP contribution is 2.24. The Bertz CT molecular complexity index is 1180. The molecular formula is C22H28N6O2. The lowest BCUT2D eigenvalue weighted by Crippen LogP contribution is -2.47. The number of fused-ring (bicyclic) bond motifs is 3. The van der Waals surface area contributed by atoms with E-state index in [9.17, 15) is 9.59 Å². The molecule has 0 radical (unpaired) electrons. The van der Waals surface area contributed by atoms with Gasteiger partial charge in [0.2, 0.25) is 0 Å². The Kier molecular flexibility index (Phi) is 4.83. The molecule has 5 rings (SSSR count). The molecule has 3 aromatic rings. The minimum absolute atomic E-state index is 0.255. The monoisotopic (exact) mass is 408 g/mol. The fourth-order valence-corrected chi connectivity index (χ4v) is 4.94. The zero-order valence-corrected chi connectivity index (χ0v) is 17.6. The fraction of sp³-hybridized carbons (Fsp3) is 0.500. The van der Waals surface area contributed by atoms with Gasteiger partial charge in [-0.25, -0.2) is 9.78 Å². The molecule has 0 aliphatic carbocycles. The van der Waals surface area contributed by atoms with Crippen LogP contribution in [0.5, 0.6) is 0 Å². The Hall–Kier alpha value is -2.71. The molecule has 0 N–H and O–H groups in total. The molecule has 1 aromatic carbocycles. The third-order valence-electron chi connectivity index (χ3n) is 6.70. The summed E-state index contributed by atoms with van der Waals surface area (Å²) < 4.78 is 4.67. The Labute approximate surface area is 175 Å². The number of aromatic nitrogens is 4. The van der Waals surface area contributed by atoms with E-state index in [0.717, 1.165) is 57.9 Å². The second-order valence-electron chi connectivity index (χ2n) is 8.52. The molecule has 30 heavy (non-hydrogen) atoms. The normalized spacial score (nSPS) is 18.7. The first kappa shape index (κ1) is 19.3. The van der Waals surface area contributed by atoms with Crippen LogP contribution in [0.1, 0.15) is 24.2 Å². The number of hydrogen-bond acceptors (Lipinski definition) is 5. The van der Waals surface area contributed by atoms with E-state index in [1.165, 1.54) is 21.7 Å². The average Bonchev–Trinajstić information content (AvgIpc) is 3.16. The van der Waals surface area contributed by atoms with Crippen LogP contribution in [-0.4, -0.2) is 54.2 Å². The predicted octanol–water partition coefficient (Wildman–Crippen LogP) is 0.914. The van der Waals surface area contributed by atoms with E-state index < -0.39 is 0 Å². The van der Waals surface area contributed by atoms with Crippen molar-refractivity contribution in [3.05, 3.63) is 62.6 Å². The van der Waals surface area contributed by atoms with Gasteiger partial charge in [0.05, 0.1) is 6.54 Å². The largest absolute Gasteiger partial charge is 0.332 e. The number of imidazole rings is 1. The maximum Gasteiger partial charge on any atom is 0.332 e. The lowest BCUT2D eigenvalue weighted by atomic mass is 10.0. The number of nitrogens with zero attached hydrogens (tertiary/aromatic N) is 6. The summed E-state index contributed by atoms with van der Waals surface area (Å²) >= 11 is 0. The highest BCUT2D eigenvalue weighted by Gasteiger charge is 2.30. The van der Waals surface area contributed by atoms with Crippen molar-refractivity contribution in [3.63, 3.8) is 0 Å². The summed E-state index contributed by atoms with van der Waals surface area (Å²) in [7, 11) is 3.21. The van der Waals surface area contributed by atoms with Crippen molar-refractivity contribution in [3.8, 4) is 0 Å². The summed E-state index contributed by atoms with van der Waals surface area (Å²) in [5, 5.41) is 0. The maximum absolute atomic E-state index is 12.7. The number of benzene rings is 1. The third kappa shape index (κ3) is 3.20. The van der Waals surface area contributed by atoms with Crippen molar-refractivity contribution in [1.82, 2.24) is 28.5 Å². The summed E-state index contributed by atoms with van der Waals surface area (Å²) in [4.78, 5) is 34.7. The zero-order valence-electron chi connectivity index (χ0n) is 17.6. The first-order valence-corrected chi connectivity index (χ1v) is 10.7. The van der Waals surface area contributed by atoms with Crippen LogP contribution < -0.4 is 11.2 Å². The van der Waals surface area contributed by atoms with Gasteiger partial charge in [-0.3, -0.25) is 23.7 Å². The van der Waals surface area contributed by atoms with Crippen LogP contribution in [0.4, 0.5) is 0 Å². The molecule has 8 heteroatoms. The molecule has 4 heterocycles. The smallest absolute Gasteiger partial charge is 0.320 e. The van der Waals surface area contributed by atoms with Crippen LogP contribution in [0, 0.1) is 0 Å². The minimum Gasteiger partial charge on any atom is -0.320 e. The summed E-state index contributed by atoms with van der Waals surface area (Å²) in [6, 6.07) is 11.2. The molecule has 2 aliphatic heterocycles. The summed E-state index contributed by atoms with van der Waals surface area (Å²) in [5.41, 5.74) is 1.83. The highest BCUT2D eigenvalue weighted by atomic mass is 16.2. The summed E-state index contributed by atoms with van der Waals surface area (Å²) in [6.45, 7) is 5.59. The van der Waals surface area contributed by atoms with Crippen LogP contribution in [0.25, 0.3) is 11.2 Å². The Balaban J connectivity index is 1.31. The number of aryl methyl sites for hydroxylation is 1. The van der Waals surface area contributed by atoms with E-state index in [2.05, 4.69) is 40.1 Å². The van der Waals surface area contributed by atoms with E-state index in [1.54, 1.807) is 7.05 Å². The molecule has 2 aromatic heterocycles. The summed E-state index contributed by atoms with van der Waals surface area (Å²) in [6.07, 6.45) is 2.29. The predicted molar refractivity (Wildman–Crippen MR) is 115 cm³/mol. The molecule has 0 atom stereocenters. The van der Waals surface area contributed by atoms with Gasteiger partial charge in [-0.05, 0) is 31.5 Å². The van der Waals surface area contributed by atoms with Crippen LogP contribution in [-0.2, 0) is 33.7 Å². The van der Waals surface area contributed by atoms with Gasteiger partial charge in [-0.1, -0.05) is 30.3 Å². The van der Waals surface area contributed by atoms with Gasteiger partial charge in [0.1, 0.15) is 5.82 Å². The van der Waals surface area contributed by atoms with E-state index >= 15 is 0 Å². The van der Waals surface area contributed by atoms with Gasteiger partial charge in [-0.15, -0.1) is 0 Å². The van der Waals surface area contributed by atoms with Crippen molar-refractivity contribution in [2.45, 2.75) is 38.5 Å². The molecular weight excluding hydrogens is 380 g/mol. The quantitative estimate of drug-likeness (QED) is 0.645. The van der Waals surface area contributed by atoms with Gasteiger partial charge >= 0.3 is 5.69 Å². The molecule has 0 spiro atoms. The molecule has 0 saturated carbocycles. The van der Waals surface area contributed by atoms with Crippen molar-refractivity contribution in [2.24, 2.45) is 14.1 Å². The number of rotatable bonds is 3. The molecule has 1 fully saturated rings. The van der Waals surface area contributed by atoms with Crippen molar-refractivity contribution in [1.29, 1.82) is 0 Å². The van der Waals surface area contributed by atoms with Gasteiger partial charge < -0.3 is 4.57 Å². The first-order valence-electron chi connectivity index (χ1n) is 10.7. The SMILES string of the molecule is Cn1c(=O)c2c(nc3n2CCN(C2CCN(Cc4ccccc4)CC2)C3)n(C)c1=O. The second kappa shape index (κ2) is 7.52. The van der Waals surface area contributed by atoms with E-state index in [1.807, 2.05) is 4.57 Å². The lowest BCUT2D eigenvalue weighted by molar-refractivity contribution is 0.0835. The Morgan fingerprint density at radius 3 is 2.43 bits per heavy atom. The van der Waals surface area contributed by atoms with Gasteiger partial charge in [0.25, 0.3) is 5.56 Å². The third-order valence-corrected chi connectivity index (χ3v) is 6.70. The fourth-order valence-electron chi connectivity index (χ4n) is 4.94. The standard InChI is InChI=1S/C22H28N6O2/c1-24-20-19(21(29)25(2)22(24)30)28-13-12-27(15-18(28)23-20)17-8-10-26(11-9-17)14-16-6-4-3-5-7-16/h3-7,17H,8-15H2,1-2H3. The van der Waals surface area contributed by atoms with Crippen molar-refractivity contribution < 1.29 is 0 Å². The molecule has 0 bridgehead atoms. The topological polar surface area (TPSA) is 68.3 Å². The first-order chi connectivity index (χ1) is 14.5. The van der Waals surface area contributed by atoms with Crippen LogP contribution in [0.2, 0.25) is 0 Å². The maximum atomic E-state index is 12.7. The Morgan fingerprint density at radius 1 is 0.967 bits per heavy atom. The summed E-state index contributed by atoms with van der Waals surface area (Å²) in [5.74, 6) is 0.890. The molecule has 2 aliphatic rings. The molecule has 0 unspecified atom stereocenters. The van der Waals surface area contributed by atoms with Crippen molar-refractivity contribution >= 4 is 11.2 Å². The van der Waals surface area contributed by atoms with E-state index in [4.69, 9.17) is 4.98 Å². The second-order valence-corrected chi connectivity index (χ2v) is 8.52.